The van der Waals surface area contributed by atoms with Gasteiger partial charge in [0, 0.05) is 37.6 Å². The summed E-state index contributed by atoms with van der Waals surface area (Å²) in [6.45, 7) is 1.54. The third-order valence-electron chi connectivity index (χ3n) is 4.22. The monoisotopic (exact) mass is 333 g/mol. The summed E-state index contributed by atoms with van der Waals surface area (Å²) < 4.78 is 14.1. The number of fused-ring (bicyclic) bond motifs is 1. The number of piperidine rings is 1. The van der Waals surface area contributed by atoms with Gasteiger partial charge in [0.1, 0.15) is 11.9 Å². The largest absolute Gasteiger partial charge is 0.352 e. The Balaban J connectivity index is 1.83. The maximum Gasteiger partial charge on any atom is 0.255 e. The molecular weight excluding hydrogens is 317 g/mol. The molecule has 0 aromatic heterocycles. The summed E-state index contributed by atoms with van der Waals surface area (Å²) in [7, 11) is 0. The number of hydrogen-bond donors (Lipinski definition) is 2. The second-order valence-electron chi connectivity index (χ2n) is 5.91. The molecular formula is C16H16FN3O4. The Morgan fingerprint density at radius 1 is 1.38 bits per heavy atom. The van der Waals surface area contributed by atoms with E-state index in [9.17, 15) is 23.6 Å². The molecule has 4 amide bonds. The van der Waals surface area contributed by atoms with Crippen LogP contribution in [0.15, 0.2) is 12.1 Å². The maximum absolute atomic E-state index is 14.1. The van der Waals surface area contributed by atoms with Crippen molar-refractivity contribution < 1.29 is 23.6 Å². The first kappa shape index (κ1) is 16.1. The van der Waals surface area contributed by atoms with Crippen molar-refractivity contribution in [1.82, 2.24) is 15.5 Å². The summed E-state index contributed by atoms with van der Waals surface area (Å²) in [4.78, 5) is 48.0. The first-order valence-corrected chi connectivity index (χ1v) is 7.57. The van der Waals surface area contributed by atoms with Crippen molar-refractivity contribution in [3.05, 3.63) is 34.6 Å². The van der Waals surface area contributed by atoms with E-state index >= 15 is 0 Å². The quantitative estimate of drug-likeness (QED) is 0.774. The molecule has 2 heterocycles. The predicted octanol–water partition coefficient (Wildman–Crippen LogP) is 0.223. The molecule has 1 atom stereocenters. The number of amides is 4. The average molecular weight is 333 g/mol. The van der Waals surface area contributed by atoms with Gasteiger partial charge in [-0.05, 0) is 24.1 Å². The van der Waals surface area contributed by atoms with Crippen molar-refractivity contribution in [3.63, 3.8) is 0 Å². The van der Waals surface area contributed by atoms with E-state index in [1.165, 1.54) is 17.9 Å². The van der Waals surface area contributed by atoms with Crippen molar-refractivity contribution in [1.29, 1.82) is 0 Å². The van der Waals surface area contributed by atoms with Gasteiger partial charge >= 0.3 is 0 Å². The van der Waals surface area contributed by atoms with Crippen LogP contribution in [0.3, 0.4) is 0 Å². The van der Waals surface area contributed by atoms with Crippen LogP contribution in [0.25, 0.3) is 0 Å². The lowest BCUT2D eigenvalue weighted by atomic mass is 10.0. The molecule has 0 aliphatic carbocycles. The van der Waals surface area contributed by atoms with Gasteiger partial charge in [-0.15, -0.1) is 0 Å². The fourth-order valence-corrected chi connectivity index (χ4v) is 3.00. The highest BCUT2D eigenvalue weighted by molar-refractivity contribution is 6.05. The number of rotatable bonds is 3. The molecule has 1 aromatic carbocycles. The Bertz CT molecular complexity index is 762. The summed E-state index contributed by atoms with van der Waals surface area (Å²) in [5, 5.41) is 4.73. The highest BCUT2D eigenvalue weighted by Gasteiger charge is 2.39. The summed E-state index contributed by atoms with van der Waals surface area (Å²) in [6, 6.07) is 1.94. The number of hydrogen-bond acceptors (Lipinski definition) is 4. The molecule has 2 aliphatic rings. The lowest BCUT2D eigenvalue weighted by Gasteiger charge is -2.29. The molecule has 2 aliphatic heterocycles. The molecule has 3 rings (SSSR count). The van der Waals surface area contributed by atoms with Crippen molar-refractivity contribution in [3.8, 4) is 0 Å². The highest BCUT2D eigenvalue weighted by atomic mass is 19.1. The van der Waals surface area contributed by atoms with Crippen LogP contribution >= 0.6 is 0 Å². The molecule has 1 unspecified atom stereocenters. The van der Waals surface area contributed by atoms with Crippen LogP contribution in [-0.2, 0) is 27.5 Å². The minimum absolute atomic E-state index is 0.0288. The van der Waals surface area contributed by atoms with E-state index in [4.69, 9.17) is 0 Å². The molecule has 1 saturated heterocycles. The molecule has 24 heavy (non-hydrogen) atoms. The molecule has 2 N–H and O–H groups in total. The van der Waals surface area contributed by atoms with Gasteiger partial charge in [0.05, 0.1) is 0 Å². The van der Waals surface area contributed by atoms with E-state index in [-0.39, 0.29) is 48.9 Å². The number of halogens is 1. The van der Waals surface area contributed by atoms with E-state index in [1.54, 1.807) is 0 Å². The van der Waals surface area contributed by atoms with Gasteiger partial charge in [-0.2, -0.15) is 0 Å². The Kier molecular flexibility index (Phi) is 4.04. The van der Waals surface area contributed by atoms with Gasteiger partial charge in [0.2, 0.25) is 17.7 Å². The fraction of sp³-hybridized carbons (Fsp3) is 0.375. The van der Waals surface area contributed by atoms with E-state index in [1.807, 2.05) is 0 Å². The van der Waals surface area contributed by atoms with Gasteiger partial charge in [0.15, 0.2) is 0 Å². The van der Waals surface area contributed by atoms with Crippen LogP contribution in [0, 0.1) is 5.82 Å². The summed E-state index contributed by atoms with van der Waals surface area (Å²) >= 11 is 0. The fourth-order valence-electron chi connectivity index (χ4n) is 3.00. The zero-order valence-corrected chi connectivity index (χ0v) is 13.0. The minimum Gasteiger partial charge on any atom is -0.352 e. The number of nitrogens with zero attached hydrogens (tertiary/aromatic N) is 1. The van der Waals surface area contributed by atoms with Crippen LogP contribution in [0.4, 0.5) is 4.39 Å². The molecule has 0 radical (unpaired) electrons. The molecule has 7 nitrogen and oxygen atoms in total. The number of carbonyl (C=O) groups excluding carboxylic acids is 4. The van der Waals surface area contributed by atoms with E-state index < -0.39 is 23.7 Å². The number of benzene rings is 1. The van der Waals surface area contributed by atoms with Crippen LogP contribution < -0.4 is 10.6 Å². The number of nitrogens with one attached hydrogen (secondary N) is 2. The summed E-state index contributed by atoms with van der Waals surface area (Å²) in [5.41, 5.74) is 1.09. The van der Waals surface area contributed by atoms with Crippen molar-refractivity contribution in [2.75, 3.05) is 0 Å². The third-order valence-corrected chi connectivity index (χ3v) is 4.22. The molecule has 0 spiro atoms. The Hall–Kier alpha value is -2.77. The zero-order chi connectivity index (χ0) is 17.4. The highest BCUT2D eigenvalue weighted by Crippen LogP contribution is 2.29. The minimum atomic E-state index is -0.732. The number of carbonyl (C=O) groups is 4. The lowest BCUT2D eigenvalue weighted by molar-refractivity contribution is -0.137. The first-order chi connectivity index (χ1) is 11.4. The molecule has 126 valence electrons. The lowest BCUT2D eigenvalue weighted by Crippen LogP contribution is -2.52. The molecule has 0 bridgehead atoms. The Morgan fingerprint density at radius 3 is 2.79 bits per heavy atom. The Morgan fingerprint density at radius 2 is 2.12 bits per heavy atom. The smallest absolute Gasteiger partial charge is 0.255 e. The normalized spacial score (nSPS) is 20.0. The summed E-state index contributed by atoms with van der Waals surface area (Å²) in [6.07, 6.45) is 0.421. The molecule has 1 aromatic rings. The average Bonchev–Trinajstić information content (AvgIpc) is 2.81. The second kappa shape index (κ2) is 6.03. The van der Waals surface area contributed by atoms with Crippen molar-refractivity contribution in [2.45, 2.75) is 38.9 Å². The molecule has 0 saturated carbocycles. The maximum atomic E-state index is 14.1. The van der Waals surface area contributed by atoms with Crippen LogP contribution in [0.1, 0.15) is 41.3 Å². The predicted molar refractivity (Wildman–Crippen MR) is 80.0 cm³/mol. The van der Waals surface area contributed by atoms with Gasteiger partial charge < -0.3 is 10.2 Å². The van der Waals surface area contributed by atoms with E-state index in [0.29, 0.717) is 5.56 Å². The molecule has 8 heteroatoms. The van der Waals surface area contributed by atoms with Crippen LogP contribution in [0.2, 0.25) is 0 Å². The van der Waals surface area contributed by atoms with Crippen LogP contribution in [0.5, 0.6) is 0 Å². The van der Waals surface area contributed by atoms with E-state index in [0.717, 1.165) is 6.07 Å². The third kappa shape index (κ3) is 2.86. The molecule has 1 fully saturated rings. The number of imide groups is 1. The van der Waals surface area contributed by atoms with Gasteiger partial charge in [0.25, 0.3) is 5.91 Å². The van der Waals surface area contributed by atoms with Gasteiger partial charge in [-0.3, -0.25) is 24.5 Å². The van der Waals surface area contributed by atoms with Crippen molar-refractivity contribution >= 4 is 23.6 Å². The standard InChI is InChI=1S/C16H16FN3O4/c1-8(21)18-6-9-4-10-7-20(16(24)11(10)5-12(9)17)13-2-3-14(22)19-15(13)23/h4-5,13H,2-3,6-7H2,1H3,(H,18,21)(H,19,22,23). The zero-order valence-electron chi connectivity index (χ0n) is 13.0. The first-order valence-electron chi connectivity index (χ1n) is 7.57. The van der Waals surface area contributed by atoms with Gasteiger partial charge in [-0.1, -0.05) is 0 Å². The SMILES string of the molecule is CC(=O)NCc1cc2c(cc1F)C(=O)N(C1CCC(=O)NC1=O)C2. The van der Waals surface area contributed by atoms with Crippen molar-refractivity contribution in [2.24, 2.45) is 0 Å². The van der Waals surface area contributed by atoms with Gasteiger partial charge in [-0.25, -0.2) is 4.39 Å². The van der Waals surface area contributed by atoms with Crippen LogP contribution in [-0.4, -0.2) is 34.6 Å². The topological polar surface area (TPSA) is 95.6 Å². The summed E-state index contributed by atoms with van der Waals surface area (Å²) in [5.74, 6) is -2.16. The van der Waals surface area contributed by atoms with E-state index in [2.05, 4.69) is 10.6 Å². The second-order valence-corrected chi connectivity index (χ2v) is 5.91. The Labute approximate surface area is 137 Å².